The number of alkyl carbamates (subject to hydrolysis) is 1. The van der Waals surface area contributed by atoms with E-state index in [2.05, 4.69) is 22.8 Å². The first-order valence-electron chi connectivity index (χ1n) is 11.1. The van der Waals surface area contributed by atoms with Crippen LogP contribution in [0, 0.1) is 5.92 Å². The molecule has 2 aliphatic rings. The third-order valence-electron chi connectivity index (χ3n) is 6.48. The molecule has 4 rings (SSSR count). The minimum Gasteiger partial charge on any atom is -0.481 e. The van der Waals surface area contributed by atoms with Gasteiger partial charge in [0.05, 0.1) is 5.92 Å². The minimum atomic E-state index is -0.896. The Hall–Kier alpha value is -3.35. The summed E-state index contributed by atoms with van der Waals surface area (Å²) in [5.41, 5.74) is 4.52. The number of carboxylic acids is 1. The Morgan fingerprint density at radius 2 is 1.59 bits per heavy atom. The Morgan fingerprint density at radius 3 is 2.22 bits per heavy atom. The van der Waals surface area contributed by atoms with Crippen molar-refractivity contribution in [3.63, 3.8) is 0 Å². The lowest BCUT2D eigenvalue weighted by Crippen LogP contribution is -2.52. The molecule has 0 aromatic heterocycles. The van der Waals surface area contributed by atoms with E-state index in [1.54, 1.807) is 6.92 Å². The molecule has 0 saturated heterocycles. The maximum Gasteiger partial charge on any atom is 0.407 e. The Morgan fingerprint density at radius 1 is 1.00 bits per heavy atom. The zero-order valence-electron chi connectivity index (χ0n) is 18.0. The predicted molar refractivity (Wildman–Crippen MR) is 119 cm³/mol. The highest BCUT2D eigenvalue weighted by Gasteiger charge is 2.33. The SMILES string of the molecule is C[C@@H](NC(=O)OCC1c2ccccc2-c2ccccc21)C(=O)NC1CCCCC1C(=O)O. The van der Waals surface area contributed by atoms with Gasteiger partial charge >= 0.3 is 12.1 Å². The van der Waals surface area contributed by atoms with Crippen molar-refractivity contribution in [2.45, 2.75) is 50.6 Å². The number of carboxylic acid groups (broad SMARTS) is 1. The maximum absolute atomic E-state index is 12.5. The molecule has 2 aliphatic carbocycles. The summed E-state index contributed by atoms with van der Waals surface area (Å²) in [5.74, 6) is -1.95. The zero-order valence-corrected chi connectivity index (χ0v) is 18.0. The highest BCUT2D eigenvalue weighted by molar-refractivity contribution is 5.86. The Bertz CT molecular complexity index is 975. The Labute approximate surface area is 187 Å². The van der Waals surface area contributed by atoms with Gasteiger partial charge in [0.15, 0.2) is 0 Å². The van der Waals surface area contributed by atoms with Gasteiger partial charge in [-0.1, -0.05) is 61.4 Å². The van der Waals surface area contributed by atoms with Crippen LogP contribution in [0.15, 0.2) is 48.5 Å². The van der Waals surface area contributed by atoms with E-state index in [9.17, 15) is 19.5 Å². The van der Waals surface area contributed by atoms with Crippen LogP contribution in [-0.2, 0) is 14.3 Å². The summed E-state index contributed by atoms with van der Waals surface area (Å²) in [6.45, 7) is 1.73. The van der Waals surface area contributed by atoms with Gasteiger partial charge in [-0.3, -0.25) is 9.59 Å². The first-order valence-corrected chi connectivity index (χ1v) is 11.1. The molecule has 0 radical (unpaired) electrons. The van der Waals surface area contributed by atoms with E-state index in [-0.39, 0.29) is 12.5 Å². The molecule has 1 saturated carbocycles. The van der Waals surface area contributed by atoms with Gasteiger partial charge in [-0.2, -0.15) is 0 Å². The lowest BCUT2D eigenvalue weighted by atomic mass is 9.84. The van der Waals surface area contributed by atoms with Crippen LogP contribution in [-0.4, -0.2) is 41.8 Å². The second kappa shape index (κ2) is 9.42. The summed E-state index contributed by atoms with van der Waals surface area (Å²) >= 11 is 0. The highest BCUT2D eigenvalue weighted by atomic mass is 16.5. The van der Waals surface area contributed by atoms with Crippen LogP contribution in [0.25, 0.3) is 11.1 Å². The molecule has 0 spiro atoms. The number of ether oxygens (including phenoxy) is 1. The summed E-state index contributed by atoms with van der Waals surface area (Å²) in [6, 6.07) is 14.9. The number of nitrogens with one attached hydrogen (secondary N) is 2. The van der Waals surface area contributed by atoms with Gasteiger partial charge in [0, 0.05) is 12.0 Å². The van der Waals surface area contributed by atoms with E-state index in [0.717, 1.165) is 35.1 Å². The van der Waals surface area contributed by atoms with Crippen LogP contribution in [0.4, 0.5) is 4.79 Å². The monoisotopic (exact) mass is 436 g/mol. The normalized spacial score (nSPS) is 20.5. The van der Waals surface area contributed by atoms with Crippen LogP contribution in [0.2, 0.25) is 0 Å². The maximum atomic E-state index is 12.5. The van der Waals surface area contributed by atoms with Gasteiger partial charge in [-0.25, -0.2) is 4.79 Å². The number of aliphatic carboxylic acids is 1. The number of hydrogen-bond donors (Lipinski definition) is 3. The standard InChI is InChI=1S/C25H28N2O5/c1-15(23(28)27-22-13-7-6-12-20(22)24(29)30)26-25(31)32-14-21-18-10-4-2-8-16(18)17-9-3-5-11-19(17)21/h2-5,8-11,15,20-22H,6-7,12-14H2,1H3,(H,26,31)(H,27,28)(H,29,30)/t15-,20?,22?/m1/s1. The number of carbonyl (C=O) groups excluding carboxylic acids is 2. The van der Waals surface area contributed by atoms with Gasteiger partial charge in [0.25, 0.3) is 0 Å². The molecule has 1 fully saturated rings. The molecule has 0 bridgehead atoms. The fourth-order valence-electron chi connectivity index (χ4n) is 4.79. The topological polar surface area (TPSA) is 105 Å². The first kappa shape index (κ1) is 21.9. The van der Waals surface area contributed by atoms with Gasteiger partial charge in [0.2, 0.25) is 5.91 Å². The van der Waals surface area contributed by atoms with Crippen molar-refractivity contribution in [1.29, 1.82) is 0 Å². The Kier molecular flexibility index (Phi) is 6.44. The van der Waals surface area contributed by atoms with E-state index in [1.165, 1.54) is 0 Å². The van der Waals surface area contributed by atoms with Crippen molar-refractivity contribution in [3.8, 4) is 11.1 Å². The minimum absolute atomic E-state index is 0.0594. The summed E-state index contributed by atoms with van der Waals surface area (Å²) in [4.78, 5) is 36.4. The van der Waals surface area contributed by atoms with E-state index in [0.29, 0.717) is 12.8 Å². The van der Waals surface area contributed by atoms with Crippen molar-refractivity contribution in [2.24, 2.45) is 5.92 Å². The van der Waals surface area contributed by atoms with Crippen molar-refractivity contribution in [3.05, 3.63) is 59.7 Å². The molecule has 168 valence electrons. The molecule has 2 amide bonds. The molecule has 0 heterocycles. The predicted octanol–water partition coefficient (Wildman–Crippen LogP) is 3.67. The van der Waals surface area contributed by atoms with Gasteiger partial charge < -0.3 is 20.5 Å². The number of hydrogen-bond acceptors (Lipinski definition) is 4. The molecule has 3 atom stereocenters. The van der Waals surface area contributed by atoms with Crippen LogP contribution >= 0.6 is 0 Å². The number of rotatable bonds is 6. The molecule has 0 aliphatic heterocycles. The average molecular weight is 437 g/mol. The van der Waals surface area contributed by atoms with Gasteiger partial charge in [-0.05, 0) is 42.0 Å². The number of carbonyl (C=O) groups is 3. The summed E-state index contributed by atoms with van der Waals surface area (Å²) in [7, 11) is 0. The van der Waals surface area contributed by atoms with Crippen molar-refractivity contribution >= 4 is 18.0 Å². The molecule has 2 aromatic carbocycles. The highest BCUT2D eigenvalue weighted by Crippen LogP contribution is 2.44. The molecule has 7 heteroatoms. The third kappa shape index (κ3) is 4.47. The summed E-state index contributed by atoms with van der Waals surface area (Å²) < 4.78 is 5.49. The second-order valence-corrected chi connectivity index (χ2v) is 8.54. The largest absolute Gasteiger partial charge is 0.481 e. The van der Waals surface area contributed by atoms with Crippen LogP contribution < -0.4 is 10.6 Å². The molecule has 32 heavy (non-hydrogen) atoms. The van der Waals surface area contributed by atoms with E-state index in [4.69, 9.17) is 4.74 Å². The van der Waals surface area contributed by atoms with E-state index in [1.807, 2.05) is 36.4 Å². The average Bonchev–Trinajstić information content (AvgIpc) is 3.11. The van der Waals surface area contributed by atoms with Crippen molar-refractivity contribution < 1.29 is 24.2 Å². The fourth-order valence-corrected chi connectivity index (χ4v) is 4.79. The fraction of sp³-hybridized carbons (Fsp3) is 0.400. The Balaban J connectivity index is 1.33. The number of amides is 2. The van der Waals surface area contributed by atoms with Gasteiger partial charge in [0.1, 0.15) is 12.6 Å². The third-order valence-corrected chi connectivity index (χ3v) is 6.48. The van der Waals surface area contributed by atoms with Crippen LogP contribution in [0.3, 0.4) is 0 Å². The van der Waals surface area contributed by atoms with Gasteiger partial charge in [-0.15, -0.1) is 0 Å². The molecule has 2 aromatic rings. The number of benzene rings is 2. The zero-order chi connectivity index (χ0) is 22.7. The number of fused-ring (bicyclic) bond motifs is 3. The molecular formula is C25H28N2O5. The summed E-state index contributed by atoms with van der Waals surface area (Å²) in [6.07, 6.45) is 2.22. The lowest BCUT2D eigenvalue weighted by Gasteiger charge is -2.30. The van der Waals surface area contributed by atoms with Crippen LogP contribution in [0.1, 0.15) is 49.7 Å². The van der Waals surface area contributed by atoms with E-state index < -0.39 is 36.0 Å². The smallest absolute Gasteiger partial charge is 0.407 e. The van der Waals surface area contributed by atoms with Crippen molar-refractivity contribution in [1.82, 2.24) is 10.6 Å². The van der Waals surface area contributed by atoms with E-state index >= 15 is 0 Å². The van der Waals surface area contributed by atoms with Crippen LogP contribution in [0.5, 0.6) is 0 Å². The first-order chi connectivity index (χ1) is 15.5. The lowest BCUT2D eigenvalue weighted by molar-refractivity contribution is -0.144. The van der Waals surface area contributed by atoms with Crippen molar-refractivity contribution in [2.75, 3.05) is 6.61 Å². The second-order valence-electron chi connectivity index (χ2n) is 8.54. The molecule has 7 nitrogen and oxygen atoms in total. The molecule has 2 unspecified atom stereocenters. The molecule has 3 N–H and O–H groups in total. The summed E-state index contributed by atoms with van der Waals surface area (Å²) in [5, 5.41) is 14.7. The molecular weight excluding hydrogens is 408 g/mol. The quantitative estimate of drug-likeness (QED) is 0.641.